The zero-order chi connectivity index (χ0) is 19.1. The second kappa shape index (κ2) is 6.97. The number of fused-ring (bicyclic) bond motifs is 3. The van der Waals surface area contributed by atoms with Crippen molar-refractivity contribution in [2.75, 3.05) is 0 Å². The molecular formula is C23H22FN3O. The van der Waals surface area contributed by atoms with E-state index in [9.17, 15) is 9.18 Å². The molecule has 2 saturated heterocycles. The summed E-state index contributed by atoms with van der Waals surface area (Å²) in [5, 5.41) is 2.44. The number of pyridine rings is 2. The first-order chi connectivity index (χ1) is 13.7. The second-order valence-corrected chi connectivity index (χ2v) is 8.01. The molecule has 0 aliphatic carbocycles. The van der Waals surface area contributed by atoms with Gasteiger partial charge in [-0.3, -0.25) is 14.8 Å². The van der Waals surface area contributed by atoms with E-state index in [1.165, 1.54) is 28.6 Å². The third-order valence-electron chi connectivity index (χ3n) is 6.35. The summed E-state index contributed by atoms with van der Waals surface area (Å²) in [5.41, 5.74) is 1.47. The van der Waals surface area contributed by atoms with Crippen LogP contribution in [0.25, 0.3) is 10.8 Å². The van der Waals surface area contributed by atoms with Crippen molar-refractivity contribution in [1.29, 1.82) is 0 Å². The molecule has 0 N–H and O–H groups in total. The molecular weight excluding hydrogens is 353 g/mol. The van der Waals surface area contributed by atoms with Crippen LogP contribution in [0.1, 0.15) is 41.6 Å². The summed E-state index contributed by atoms with van der Waals surface area (Å²) in [6, 6.07) is 10.4. The van der Waals surface area contributed by atoms with Crippen LogP contribution in [-0.2, 0) is 6.42 Å². The number of hydrogen-bond donors (Lipinski definition) is 0. The minimum Gasteiger partial charge on any atom is -0.333 e. The van der Waals surface area contributed by atoms with Gasteiger partial charge in [-0.15, -0.1) is 0 Å². The lowest BCUT2D eigenvalue weighted by molar-refractivity contribution is 0.0520. The minimum absolute atomic E-state index is 0.144. The summed E-state index contributed by atoms with van der Waals surface area (Å²) in [7, 11) is 0. The van der Waals surface area contributed by atoms with Gasteiger partial charge in [-0.25, -0.2) is 4.39 Å². The van der Waals surface area contributed by atoms with Crippen LogP contribution in [0.3, 0.4) is 0 Å². The number of carbonyl (C=O) groups is 1. The standard InChI is InChI=1S/C23H22FN3O/c24-22-14-26-9-7-20(22)23(28)27-18-4-5-19(27)12-15(11-18)10-17-3-1-2-16-6-8-25-13-21(16)17/h1-3,6-9,13-15,18-19H,4-5,10-12H2. The van der Waals surface area contributed by atoms with E-state index in [1.807, 2.05) is 23.4 Å². The number of carbonyl (C=O) groups excluding carboxylic acids is 1. The summed E-state index contributed by atoms with van der Waals surface area (Å²) < 4.78 is 14.1. The molecule has 2 bridgehead atoms. The Morgan fingerprint density at radius 3 is 2.57 bits per heavy atom. The molecule has 2 aliphatic rings. The molecule has 5 heteroatoms. The number of nitrogens with zero attached hydrogens (tertiary/aromatic N) is 3. The molecule has 2 fully saturated rings. The third-order valence-corrected chi connectivity index (χ3v) is 6.35. The van der Waals surface area contributed by atoms with Gasteiger partial charge in [0.2, 0.25) is 0 Å². The van der Waals surface area contributed by atoms with E-state index in [2.05, 4.69) is 28.2 Å². The smallest absolute Gasteiger partial charge is 0.257 e. The van der Waals surface area contributed by atoms with E-state index in [1.54, 1.807) is 0 Å². The Morgan fingerprint density at radius 2 is 1.79 bits per heavy atom. The number of aromatic nitrogens is 2. The zero-order valence-corrected chi connectivity index (χ0v) is 15.6. The normalized spacial score (nSPS) is 23.9. The van der Waals surface area contributed by atoms with Crippen molar-refractivity contribution in [2.24, 2.45) is 5.92 Å². The fourth-order valence-electron chi connectivity index (χ4n) is 5.14. The number of benzene rings is 1. The number of amides is 1. The summed E-state index contributed by atoms with van der Waals surface area (Å²) in [5.74, 6) is -0.174. The van der Waals surface area contributed by atoms with Gasteiger partial charge in [0, 0.05) is 36.1 Å². The van der Waals surface area contributed by atoms with Crippen molar-refractivity contribution in [3.63, 3.8) is 0 Å². The number of halogens is 1. The van der Waals surface area contributed by atoms with Crippen molar-refractivity contribution in [3.05, 3.63) is 72.1 Å². The number of piperidine rings is 1. The molecule has 0 saturated carbocycles. The van der Waals surface area contributed by atoms with Gasteiger partial charge in [0.15, 0.2) is 5.82 Å². The van der Waals surface area contributed by atoms with Crippen LogP contribution in [0, 0.1) is 11.7 Å². The van der Waals surface area contributed by atoms with Gasteiger partial charge in [0.1, 0.15) is 0 Å². The van der Waals surface area contributed by atoms with Crippen LogP contribution in [0.15, 0.2) is 55.1 Å². The predicted octanol–water partition coefficient (Wildman–Crippen LogP) is 4.39. The van der Waals surface area contributed by atoms with Crippen molar-refractivity contribution in [1.82, 2.24) is 14.9 Å². The van der Waals surface area contributed by atoms with E-state index in [0.29, 0.717) is 5.92 Å². The Hall–Kier alpha value is -2.82. The highest BCUT2D eigenvalue weighted by Gasteiger charge is 2.43. The largest absolute Gasteiger partial charge is 0.333 e. The molecule has 142 valence electrons. The van der Waals surface area contributed by atoms with E-state index in [-0.39, 0.29) is 23.6 Å². The summed E-state index contributed by atoms with van der Waals surface area (Å²) in [4.78, 5) is 23.0. The fraction of sp³-hybridized carbons (Fsp3) is 0.348. The first-order valence-electron chi connectivity index (χ1n) is 9.94. The molecule has 5 rings (SSSR count). The summed E-state index contributed by atoms with van der Waals surface area (Å²) in [6.45, 7) is 0. The average Bonchev–Trinajstić information content (AvgIpc) is 2.98. The quantitative estimate of drug-likeness (QED) is 0.682. The fourth-order valence-corrected chi connectivity index (χ4v) is 5.14. The lowest BCUT2D eigenvalue weighted by Gasteiger charge is -2.39. The van der Waals surface area contributed by atoms with Gasteiger partial charge in [-0.1, -0.05) is 18.2 Å². The first kappa shape index (κ1) is 17.3. The maximum Gasteiger partial charge on any atom is 0.257 e. The molecule has 2 atom stereocenters. The molecule has 28 heavy (non-hydrogen) atoms. The topological polar surface area (TPSA) is 46.1 Å². The van der Waals surface area contributed by atoms with E-state index < -0.39 is 5.82 Å². The second-order valence-electron chi connectivity index (χ2n) is 8.01. The van der Waals surface area contributed by atoms with E-state index in [4.69, 9.17) is 0 Å². The molecule has 1 amide bonds. The van der Waals surface area contributed by atoms with E-state index in [0.717, 1.165) is 38.3 Å². The Labute approximate surface area is 163 Å². The SMILES string of the molecule is O=C(c1ccncc1F)N1C2CCC1CC(Cc1cccc3ccncc13)C2. The highest BCUT2D eigenvalue weighted by Crippen LogP contribution is 2.41. The molecule has 2 unspecified atom stereocenters. The summed E-state index contributed by atoms with van der Waals surface area (Å²) in [6.07, 6.45) is 11.4. The minimum atomic E-state index is -0.530. The molecule has 4 heterocycles. The van der Waals surface area contributed by atoms with Crippen molar-refractivity contribution >= 4 is 16.7 Å². The lowest BCUT2D eigenvalue weighted by Crippen LogP contribution is -2.47. The number of rotatable bonds is 3. The lowest BCUT2D eigenvalue weighted by atomic mass is 9.84. The van der Waals surface area contributed by atoms with Crippen LogP contribution in [0.5, 0.6) is 0 Å². The van der Waals surface area contributed by atoms with Crippen molar-refractivity contribution < 1.29 is 9.18 Å². The molecule has 4 nitrogen and oxygen atoms in total. The molecule has 0 spiro atoms. The highest BCUT2D eigenvalue weighted by atomic mass is 19.1. The maximum atomic E-state index is 14.1. The van der Waals surface area contributed by atoms with Crippen molar-refractivity contribution in [2.45, 2.75) is 44.2 Å². The number of hydrogen-bond acceptors (Lipinski definition) is 3. The predicted molar refractivity (Wildman–Crippen MR) is 105 cm³/mol. The average molecular weight is 375 g/mol. The van der Waals surface area contributed by atoms with Crippen molar-refractivity contribution in [3.8, 4) is 0 Å². The van der Waals surface area contributed by atoms with Crippen LogP contribution >= 0.6 is 0 Å². The van der Waals surface area contributed by atoms with Crippen LogP contribution in [-0.4, -0.2) is 32.9 Å². The Morgan fingerprint density at radius 1 is 1.04 bits per heavy atom. The Balaban J connectivity index is 1.36. The van der Waals surface area contributed by atoms with Crippen LogP contribution in [0.4, 0.5) is 4.39 Å². The molecule has 2 aliphatic heterocycles. The van der Waals surface area contributed by atoms with E-state index >= 15 is 0 Å². The maximum absolute atomic E-state index is 14.1. The molecule has 0 radical (unpaired) electrons. The third kappa shape index (κ3) is 2.95. The first-order valence-corrected chi connectivity index (χ1v) is 9.94. The molecule has 1 aromatic carbocycles. The van der Waals surface area contributed by atoms with Gasteiger partial charge in [0.25, 0.3) is 5.91 Å². The van der Waals surface area contributed by atoms with Gasteiger partial charge < -0.3 is 4.90 Å². The molecule has 3 aromatic rings. The van der Waals surface area contributed by atoms with Gasteiger partial charge in [-0.05, 0) is 61.1 Å². The van der Waals surface area contributed by atoms with Gasteiger partial charge in [0.05, 0.1) is 11.8 Å². The summed E-state index contributed by atoms with van der Waals surface area (Å²) >= 11 is 0. The van der Waals surface area contributed by atoms with Gasteiger partial charge in [-0.2, -0.15) is 0 Å². The Bertz CT molecular complexity index is 1020. The molecule has 2 aromatic heterocycles. The highest BCUT2D eigenvalue weighted by molar-refractivity contribution is 5.95. The Kier molecular flexibility index (Phi) is 4.30. The van der Waals surface area contributed by atoms with Gasteiger partial charge >= 0.3 is 0 Å². The zero-order valence-electron chi connectivity index (χ0n) is 15.6. The van der Waals surface area contributed by atoms with Crippen LogP contribution in [0.2, 0.25) is 0 Å². The monoisotopic (exact) mass is 375 g/mol. The van der Waals surface area contributed by atoms with Crippen LogP contribution < -0.4 is 0 Å².